The fourth-order valence-electron chi connectivity index (χ4n) is 9.21. The average Bonchev–Trinajstić information content (AvgIpc) is 3.02. The quantitative estimate of drug-likeness (QED) is 0.553. The molecule has 0 amide bonds. The molecule has 29 heavy (non-hydrogen) atoms. The van der Waals surface area contributed by atoms with Crippen molar-refractivity contribution in [2.24, 2.45) is 52.3 Å². The van der Waals surface area contributed by atoms with Crippen molar-refractivity contribution in [3.05, 3.63) is 0 Å². The largest absolute Gasteiger partial charge is 0.393 e. The molecule has 4 aliphatic rings. The van der Waals surface area contributed by atoms with Gasteiger partial charge in [-0.3, -0.25) is 0 Å². The van der Waals surface area contributed by atoms with E-state index in [4.69, 9.17) is 0 Å². The van der Waals surface area contributed by atoms with Crippen LogP contribution < -0.4 is 0 Å². The summed E-state index contributed by atoms with van der Waals surface area (Å²) in [5.41, 5.74) is 0.487. The number of fused-ring (bicyclic) bond motifs is 5. The van der Waals surface area contributed by atoms with Crippen LogP contribution in [0.4, 0.5) is 0 Å². The summed E-state index contributed by atoms with van der Waals surface area (Å²) < 4.78 is 0. The Morgan fingerprint density at radius 2 is 1.62 bits per heavy atom. The summed E-state index contributed by atoms with van der Waals surface area (Å²) in [6.45, 7) is 12.2. The van der Waals surface area contributed by atoms with E-state index in [0.717, 1.165) is 42.9 Å². The van der Waals surface area contributed by atoms with E-state index < -0.39 is 0 Å². The minimum absolute atomic E-state index is 0.0778. The third-order valence-corrected chi connectivity index (χ3v) is 10.9. The van der Waals surface area contributed by atoms with Gasteiger partial charge in [-0.25, -0.2) is 0 Å². The Morgan fingerprint density at radius 3 is 2.34 bits per heavy atom. The lowest BCUT2D eigenvalue weighted by Crippen LogP contribution is -2.58. The standard InChI is InChI=1S/C27H48O2/c1-17(2)7-6-8-18(3)22-11-12-23-21-10-9-19-15-20(28)13-14-26(19,4)24(21)16-25(29)27(22,23)5/h17-25,28-29H,6-16H2,1-5H3/t18?,19?,20-,21?,22?,23?,24?,25+,26?,27?/m1/s1. The highest BCUT2D eigenvalue weighted by Gasteiger charge is 2.63. The van der Waals surface area contributed by atoms with Gasteiger partial charge >= 0.3 is 0 Å². The zero-order valence-corrected chi connectivity index (χ0v) is 19.9. The van der Waals surface area contributed by atoms with E-state index in [1.807, 2.05) is 0 Å². The lowest BCUT2D eigenvalue weighted by atomic mass is 9.43. The van der Waals surface area contributed by atoms with Gasteiger partial charge in [0.2, 0.25) is 0 Å². The number of hydrogen-bond acceptors (Lipinski definition) is 2. The lowest BCUT2D eigenvalue weighted by molar-refractivity contribution is -0.174. The van der Waals surface area contributed by atoms with Gasteiger partial charge in [-0.2, -0.15) is 0 Å². The summed E-state index contributed by atoms with van der Waals surface area (Å²) in [4.78, 5) is 0. The third-order valence-electron chi connectivity index (χ3n) is 10.9. The molecule has 0 bridgehead atoms. The molecular formula is C27H48O2. The summed E-state index contributed by atoms with van der Waals surface area (Å²) in [6.07, 6.45) is 13.3. The first-order valence-electron chi connectivity index (χ1n) is 13.0. The Kier molecular flexibility index (Phi) is 6.19. The number of aliphatic hydroxyl groups is 2. The van der Waals surface area contributed by atoms with Crippen molar-refractivity contribution in [2.75, 3.05) is 0 Å². The Morgan fingerprint density at radius 1 is 0.862 bits per heavy atom. The molecular weight excluding hydrogens is 356 g/mol. The molecule has 2 nitrogen and oxygen atoms in total. The zero-order chi connectivity index (χ0) is 21.0. The minimum atomic E-state index is -0.128. The fourth-order valence-corrected chi connectivity index (χ4v) is 9.21. The first-order valence-corrected chi connectivity index (χ1v) is 13.0. The lowest BCUT2D eigenvalue weighted by Gasteiger charge is -2.62. The molecule has 4 rings (SSSR count). The molecule has 4 fully saturated rings. The fraction of sp³-hybridized carbons (Fsp3) is 1.00. The van der Waals surface area contributed by atoms with E-state index in [1.165, 1.54) is 51.4 Å². The van der Waals surface area contributed by atoms with E-state index in [0.29, 0.717) is 23.2 Å². The van der Waals surface area contributed by atoms with Gasteiger partial charge in [0, 0.05) is 0 Å². The van der Waals surface area contributed by atoms with Crippen molar-refractivity contribution in [1.29, 1.82) is 0 Å². The molecule has 4 aliphatic carbocycles. The van der Waals surface area contributed by atoms with Crippen LogP contribution in [-0.2, 0) is 0 Å². The first kappa shape index (κ1) is 22.1. The Labute approximate surface area is 180 Å². The van der Waals surface area contributed by atoms with Crippen molar-refractivity contribution in [2.45, 2.75) is 117 Å². The molecule has 8 unspecified atom stereocenters. The Hall–Kier alpha value is -0.0800. The van der Waals surface area contributed by atoms with Crippen LogP contribution in [0.15, 0.2) is 0 Å². The van der Waals surface area contributed by atoms with Crippen molar-refractivity contribution in [1.82, 2.24) is 0 Å². The van der Waals surface area contributed by atoms with E-state index in [1.54, 1.807) is 0 Å². The smallest absolute Gasteiger partial charge is 0.0602 e. The second kappa shape index (κ2) is 8.12. The number of aliphatic hydroxyl groups excluding tert-OH is 2. The summed E-state index contributed by atoms with van der Waals surface area (Å²) in [5.74, 6) is 5.14. The van der Waals surface area contributed by atoms with Crippen LogP contribution in [0.25, 0.3) is 0 Å². The Bertz CT molecular complexity index is 573. The summed E-state index contributed by atoms with van der Waals surface area (Å²) in [5, 5.41) is 21.9. The molecule has 0 spiro atoms. The number of hydrogen-bond donors (Lipinski definition) is 2. The van der Waals surface area contributed by atoms with Gasteiger partial charge in [0.15, 0.2) is 0 Å². The van der Waals surface area contributed by atoms with Crippen LogP contribution in [0.1, 0.15) is 105 Å². The number of rotatable bonds is 5. The second-order valence-corrected chi connectivity index (χ2v) is 12.7. The van der Waals surface area contributed by atoms with Gasteiger partial charge in [0.1, 0.15) is 0 Å². The highest BCUT2D eigenvalue weighted by atomic mass is 16.3. The van der Waals surface area contributed by atoms with Crippen LogP contribution in [0.3, 0.4) is 0 Å². The van der Waals surface area contributed by atoms with Crippen molar-refractivity contribution >= 4 is 0 Å². The van der Waals surface area contributed by atoms with Gasteiger partial charge < -0.3 is 10.2 Å². The van der Waals surface area contributed by atoms with Gasteiger partial charge in [-0.05, 0) is 104 Å². The maximum absolute atomic E-state index is 11.6. The molecule has 0 aromatic carbocycles. The second-order valence-electron chi connectivity index (χ2n) is 12.7. The molecule has 0 heterocycles. The topological polar surface area (TPSA) is 40.5 Å². The summed E-state index contributed by atoms with van der Waals surface area (Å²) >= 11 is 0. The Balaban J connectivity index is 1.51. The van der Waals surface area contributed by atoms with Gasteiger partial charge in [-0.1, -0.05) is 53.9 Å². The molecule has 4 saturated carbocycles. The molecule has 0 aromatic heterocycles. The van der Waals surface area contributed by atoms with Crippen molar-refractivity contribution < 1.29 is 10.2 Å². The highest BCUT2D eigenvalue weighted by Crippen LogP contribution is 2.68. The monoisotopic (exact) mass is 404 g/mol. The van der Waals surface area contributed by atoms with Crippen molar-refractivity contribution in [3.8, 4) is 0 Å². The highest BCUT2D eigenvalue weighted by molar-refractivity contribution is 5.12. The molecule has 2 heteroatoms. The van der Waals surface area contributed by atoms with E-state index in [9.17, 15) is 10.2 Å². The van der Waals surface area contributed by atoms with Crippen LogP contribution >= 0.6 is 0 Å². The van der Waals surface area contributed by atoms with E-state index in [2.05, 4.69) is 34.6 Å². The summed E-state index contributed by atoms with van der Waals surface area (Å²) in [6, 6.07) is 0. The first-order chi connectivity index (χ1) is 13.7. The van der Waals surface area contributed by atoms with Gasteiger partial charge in [0.05, 0.1) is 12.2 Å². The molecule has 10 atom stereocenters. The van der Waals surface area contributed by atoms with Crippen LogP contribution in [0, 0.1) is 52.3 Å². The van der Waals surface area contributed by atoms with Crippen LogP contribution in [0.5, 0.6) is 0 Å². The molecule has 168 valence electrons. The molecule has 0 aromatic rings. The SMILES string of the molecule is CC(C)CCCC(C)C1CCC2C3CCC4C[C@H](O)CCC4(C)C3C[C@H](O)C12C. The molecule has 0 saturated heterocycles. The predicted octanol–water partition coefficient (Wildman–Crippen LogP) is 6.44. The molecule has 0 radical (unpaired) electrons. The third kappa shape index (κ3) is 3.63. The van der Waals surface area contributed by atoms with Crippen LogP contribution in [-0.4, -0.2) is 22.4 Å². The summed E-state index contributed by atoms with van der Waals surface area (Å²) in [7, 11) is 0. The zero-order valence-electron chi connectivity index (χ0n) is 19.9. The van der Waals surface area contributed by atoms with E-state index in [-0.39, 0.29) is 17.6 Å². The van der Waals surface area contributed by atoms with Gasteiger partial charge in [-0.15, -0.1) is 0 Å². The molecule has 0 aliphatic heterocycles. The maximum Gasteiger partial charge on any atom is 0.0602 e. The average molecular weight is 405 g/mol. The molecule has 2 N–H and O–H groups in total. The van der Waals surface area contributed by atoms with Crippen LogP contribution in [0.2, 0.25) is 0 Å². The minimum Gasteiger partial charge on any atom is -0.393 e. The van der Waals surface area contributed by atoms with Crippen molar-refractivity contribution in [3.63, 3.8) is 0 Å². The maximum atomic E-state index is 11.6. The van der Waals surface area contributed by atoms with E-state index >= 15 is 0 Å². The van der Waals surface area contributed by atoms with Gasteiger partial charge in [0.25, 0.3) is 0 Å². The normalized spacial score (nSPS) is 50.7. The predicted molar refractivity (Wildman–Crippen MR) is 120 cm³/mol.